The molecule has 2 saturated carbocycles. The van der Waals surface area contributed by atoms with Gasteiger partial charge in [0.15, 0.2) is 0 Å². The highest BCUT2D eigenvalue weighted by Crippen LogP contribution is 2.43. The molecule has 0 atom stereocenters. The first-order valence-corrected chi connectivity index (χ1v) is 6.14. The van der Waals surface area contributed by atoms with E-state index in [4.69, 9.17) is 5.73 Å². The lowest BCUT2D eigenvalue weighted by atomic mass is 9.97. The van der Waals surface area contributed by atoms with E-state index < -0.39 is 0 Å². The Bertz CT molecular complexity index is 361. The van der Waals surface area contributed by atoms with E-state index in [0.717, 1.165) is 5.92 Å². The van der Waals surface area contributed by atoms with Crippen molar-refractivity contribution in [3.05, 3.63) is 35.4 Å². The molecule has 1 aromatic carbocycles. The second kappa shape index (κ2) is 3.34. The molecule has 0 unspecified atom stereocenters. The van der Waals surface area contributed by atoms with Crippen molar-refractivity contribution in [3.63, 3.8) is 0 Å². The summed E-state index contributed by atoms with van der Waals surface area (Å²) in [5, 5.41) is 0. The second-order valence-electron chi connectivity index (χ2n) is 5.34. The molecular formula is C14H19N. The van der Waals surface area contributed by atoms with Gasteiger partial charge in [0, 0.05) is 5.54 Å². The fourth-order valence-corrected chi connectivity index (χ4v) is 2.35. The summed E-state index contributed by atoms with van der Waals surface area (Å²) in [5.74, 6) is 0.870. The van der Waals surface area contributed by atoms with E-state index in [9.17, 15) is 0 Å². The number of hydrogen-bond acceptors (Lipinski definition) is 1. The molecule has 2 aliphatic carbocycles. The van der Waals surface area contributed by atoms with Gasteiger partial charge in [-0.1, -0.05) is 24.3 Å². The van der Waals surface area contributed by atoms with Crippen LogP contribution in [0.5, 0.6) is 0 Å². The van der Waals surface area contributed by atoms with Crippen LogP contribution >= 0.6 is 0 Å². The fraction of sp³-hybridized carbons (Fsp3) is 0.571. The molecule has 2 aliphatic rings. The van der Waals surface area contributed by atoms with Crippen molar-refractivity contribution < 1.29 is 0 Å². The third-order valence-electron chi connectivity index (χ3n) is 3.86. The summed E-state index contributed by atoms with van der Waals surface area (Å²) in [4.78, 5) is 0. The predicted molar refractivity (Wildman–Crippen MR) is 62.9 cm³/mol. The van der Waals surface area contributed by atoms with Gasteiger partial charge in [-0.25, -0.2) is 0 Å². The standard InChI is InChI=1S/C14H19N/c15-14(9-10-14)8-7-11-3-1-2-4-13(11)12-5-6-12/h1-4,12H,5-10,15H2. The molecule has 0 heterocycles. The Morgan fingerprint density at radius 2 is 1.93 bits per heavy atom. The average Bonchev–Trinajstić information content (AvgIpc) is 3.11. The molecule has 80 valence electrons. The van der Waals surface area contributed by atoms with Gasteiger partial charge in [-0.05, 0) is 55.6 Å². The van der Waals surface area contributed by atoms with Gasteiger partial charge in [-0.3, -0.25) is 0 Å². The Kier molecular flexibility index (Phi) is 2.10. The van der Waals surface area contributed by atoms with E-state index in [1.165, 1.54) is 38.5 Å². The largest absolute Gasteiger partial charge is 0.325 e. The molecule has 15 heavy (non-hydrogen) atoms. The Morgan fingerprint density at radius 1 is 1.20 bits per heavy atom. The Labute approximate surface area is 91.7 Å². The minimum Gasteiger partial charge on any atom is -0.325 e. The number of hydrogen-bond donors (Lipinski definition) is 1. The quantitative estimate of drug-likeness (QED) is 0.796. The van der Waals surface area contributed by atoms with Crippen molar-refractivity contribution >= 4 is 0 Å². The molecular weight excluding hydrogens is 182 g/mol. The first kappa shape index (κ1) is 9.41. The molecule has 1 aromatic rings. The van der Waals surface area contributed by atoms with Gasteiger partial charge in [0.2, 0.25) is 0 Å². The van der Waals surface area contributed by atoms with Crippen LogP contribution in [0.1, 0.15) is 49.1 Å². The van der Waals surface area contributed by atoms with E-state index in [2.05, 4.69) is 24.3 Å². The smallest absolute Gasteiger partial charge is 0.0158 e. The van der Waals surface area contributed by atoms with Crippen LogP contribution in [0.2, 0.25) is 0 Å². The van der Waals surface area contributed by atoms with Crippen molar-refractivity contribution in [1.82, 2.24) is 0 Å². The fourth-order valence-electron chi connectivity index (χ4n) is 2.35. The zero-order valence-corrected chi connectivity index (χ0v) is 9.21. The van der Waals surface area contributed by atoms with Crippen molar-refractivity contribution in [3.8, 4) is 0 Å². The van der Waals surface area contributed by atoms with Crippen LogP contribution in [0.3, 0.4) is 0 Å². The van der Waals surface area contributed by atoms with Gasteiger partial charge in [0.05, 0.1) is 0 Å². The zero-order valence-electron chi connectivity index (χ0n) is 9.21. The SMILES string of the molecule is NC1(CCc2ccccc2C2CC2)CC1. The summed E-state index contributed by atoms with van der Waals surface area (Å²) in [5.41, 5.74) is 9.49. The molecule has 0 aromatic heterocycles. The maximum Gasteiger partial charge on any atom is 0.0158 e. The normalized spacial score (nSPS) is 22.7. The molecule has 1 nitrogen and oxygen atoms in total. The van der Waals surface area contributed by atoms with Crippen molar-refractivity contribution in [1.29, 1.82) is 0 Å². The highest BCUT2D eigenvalue weighted by Gasteiger charge is 2.37. The highest BCUT2D eigenvalue weighted by atomic mass is 14.8. The van der Waals surface area contributed by atoms with Crippen LogP contribution in [0, 0.1) is 0 Å². The molecule has 0 radical (unpaired) electrons. The number of rotatable bonds is 4. The summed E-state index contributed by atoms with van der Waals surface area (Å²) in [6.45, 7) is 0. The summed E-state index contributed by atoms with van der Waals surface area (Å²) < 4.78 is 0. The zero-order chi connectivity index (χ0) is 10.3. The predicted octanol–water partition coefficient (Wildman–Crippen LogP) is 2.99. The van der Waals surface area contributed by atoms with Crippen LogP contribution in [0.25, 0.3) is 0 Å². The monoisotopic (exact) mass is 201 g/mol. The third kappa shape index (κ3) is 2.07. The van der Waals surface area contributed by atoms with Crippen molar-refractivity contribution in [2.24, 2.45) is 5.73 Å². The first-order valence-electron chi connectivity index (χ1n) is 6.14. The lowest BCUT2D eigenvalue weighted by Gasteiger charge is -2.11. The molecule has 0 amide bonds. The van der Waals surface area contributed by atoms with Crippen LogP contribution in [0.15, 0.2) is 24.3 Å². The summed E-state index contributed by atoms with van der Waals surface area (Å²) >= 11 is 0. The Hall–Kier alpha value is -0.820. The van der Waals surface area contributed by atoms with Gasteiger partial charge >= 0.3 is 0 Å². The van der Waals surface area contributed by atoms with Crippen LogP contribution in [0.4, 0.5) is 0 Å². The third-order valence-corrected chi connectivity index (χ3v) is 3.86. The topological polar surface area (TPSA) is 26.0 Å². The minimum atomic E-state index is 0.205. The van der Waals surface area contributed by atoms with E-state index in [1.54, 1.807) is 11.1 Å². The molecule has 0 aliphatic heterocycles. The second-order valence-corrected chi connectivity index (χ2v) is 5.34. The Balaban J connectivity index is 1.72. The van der Waals surface area contributed by atoms with Gasteiger partial charge in [0.1, 0.15) is 0 Å². The average molecular weight is 201 g/mol. The van der Waals surface area contributed by atoms with Crippen LogP contribution < -0.4 is 5.73 Å². The molecule has 0 saturated heterocycles. The lowest BCUT2D eigenvalue weighted by Crippen LogP contribution is -2.22. The Morgan fingerprint density at radius 3 is 2.60 bits per heavy atom. The van der Waals surface area contributed by atoms with Crippen molar-refractivity contribution in [2.45, 2.75) is 50.0 Å². The van der Waals surface area contributed by atoms with E-state index in [1.807, 2.05) is 0 Å². The van der Waals surface area contributed by atoms with E-state index >= 15 is 0 Å². The lowest BCUT2D eigenvalue weighted by molar-refractivity contribution is 0.607. The molecule has 2 fully saturated rings. The van der Waals surface area contributed by atoms with Crippen molar-refractivity contribution in [2.75, 3.05) is 0 Å². The van der Waals surface area contributed by atoms with E-state index in [-0.39, 0.29) is 5.54 Å². The molecule has 3 rings (SSSR count). The minimum absolute atomic E-state index is 0.205. The molecule has 1 heteroatoms. The van der Waals surface area contributed by atoms with E-state index in [0.29, 0.717) is 0 Å². The molecule has 0 spiro atoms. The van der Waals surface area contributed by atoms with Gasteiger partial charge in [0.25, 0.3) is 0 Å². The van der Waals surface area contributed by atoms with Gasteiger partial charge in [-0.15, -0.1) is 0 Å². The number of nitrogens with two attached hydrogens (primary N) is 1. The summed E-state index contributed by atoms with van der Waals surface area (Å²) in [7, 11) is 0. The van der Waals surface area contributed by atoms with Crippen LogP contribution in [-0.2, 0) is 6.42 Å². The first-order chi connectivity index (χ1) is 7.27. The summed E-state index contributed by atoms with van der Waals surface area (Å²) in [6, 6.07) is 8.94. The highest BCUT2D eigenvalue weighted by molar-refractivity contribution is 5.33. The maximum atomic E-state index is 6.14. The summed E-state index contributed by atoms with van der Waals surface area (Å²) in [6.07, 6.45) is 7.62. The molecule has 2 N–H and O–H groups in total. The number of aryl methyl sites for hydroxylation is 1. The van der Waals surface area contributed by atoms with Gasteiger partial charge < -0.3 is 5.73 Å². The molecule has 0 bridgehead atoms. The number of benzene rings is 1. The van der Waals surface area contributed by atoms with Gasteiger partial charge in [-0.2, -0.15) is 0 Å². The van der Waals surface area contributed by atoms with Crippen LogP contribution in [-0.4, -0.2) is 5.54 Å². The maximum absolute atomic E-state index is 6.14.